The van der Waals surface area contributed by atoms with Crippen LogP contribution in [-0.2, 0) is 10.0 Å². The van der Waals surface area contributed by atoms with E-state index < -0.39 is 20.7 Å². The van der Waals surface area contributed by atoms with E-state index in [1.165, 1.54) is 19.9 Å². The fourth-order valence-corrected chi connectivity index (χ4v) is 4.10. The molecule has 0 unspecified atom stereocenters. The van der Waals surface area contributed by atoms with Crippen LogP contribution in [0.4, 0.5) is 10.1 Å². The lowest BCUT2D eigenvalue weighted by Crippen LogP contribution is -2.14. The Morgan fingerprint density at radius 1 is 1.38 bits per heavy atom. The second kappa shape index (κ2) is 5.31. The maximum absolute atomic E-state index is 13.6. The van der Waals surface area contributed by atoms with E-state index in [1.54, 1.807) is 6.07 Å². The molecule has 0 aliphatic rings. The first-order valence-corrected chi connectivity index (χ1v) is 7.97. The van der Waals surface area contributed by atoms with Gasteiger partial charge < -0.3 is 4.98 Å². The maximum Gasteiger partial charge on any atom is 0.306 e. The van der Waals surface area contributed by atoms with Crippen molar-refractivity contribution in [3.8, 4) is 6.07 Å². The third-order valence-corrected chi connectivity index (χ3v) is 5.71. The van der Waals surface area contributed by atoms with Crippen molar-refractivity contribution in [1.29, 1.82) is 5.26 Å². The number of H-pyrrole nitrogens is 1. The van der Waals surface area contributed by atoms with Gasteiger partial charge in [-0.2, -0.15) is 5.26 Å². The van der Waals surface area contributed by atoms with Crippen LogP contribution in [0.3, 0.4) is 0 Å². The first-order valence-electron chi connectivity index (χ1n) is 5.67. The molecule has 0 amide bonds. The number of aryl methyl sites for hydroxylation is 1. The summed E-state index contributed by atoms with van der Waals surface area (Å²) in [7, 11) is -4.03. The first-order chi connectivity index (χ1) is 9.74. The van der Waals surface area contributed by atoms with Crippen molar-refractivity contribution in [3.63, 3.8) is 0 Å². The highest BCUT2D eigenvalue weighted by Gasteiger charge is 2.22. The van der Waals surface area contributed by atoms with Gasteiger partial charge >= 0.3 is 4.87 Å². The fourth-order valence-electron chi connectivity index (χ4n) is 1.69. The monoisotopic (exact) mass is 327 g/mol. The van der Waals surface area contributed by atoms with E-state index in [9.17, 15) is 17.6 Å². The van der Waals surface area contributed by atoms with Gasteiger partial charge in [0.2, 0.25) is 0 Å². The molecule has 0 saturated carbocycles. The van der Waals surface area contributed by atoms with Crippen LogP contribution in [0, 0.1) is 31.0 Å². The van der Waals surface area contributed by atoms with Gasteiger partial charge in [-0.15, -0.1) is 0 Å². The Hall–Kier alpha value is -2.18. The Kier molecular flexibility index (Phi) is 3.85. The number of aromatic nitrogens is 1. The van der Waals surface area contributed by atoms with Crippen LogP contribution in [0.15, 0.2) is 21.1 Å². The highest BCUT2D eigenvalue weighted by Crippen LogP contribution is 2.25. The fraction of sp³-hybridized carbons (Fsp3) is 0.167. The summed E-state index contributed by atoms with van der Waals surface area (Å²) in [5.41, 5.74) is 0.228. The predicted octanol–water partition coefficient (Wildman–Crippen LogP) is 1.86. The van der Waals surface area contributed by atoms with E-state index in [4.69, 9.17) is 5.26 Å². The van der Waals surface area contributed by atoms with Crippen molar-refractivity contribution < 1.29 is 12.8 Å². The Morgan fingerprint density at radius 3 is 2.57 bits per heavy atom. The number of benzene rings is 1. The van der Waals surface area contributed by atoms with Crippen molar-refractivity contribution in [1.82, 2.24) is 4.98 Å². The van der Waals surface area contributed by atoms with Crippen LogP contribution >= 0.6 is 11.3 Å². The van der Waals surface area contributed by atoms with E-state index in [-0.39, 0.29) is 26.7 Å². The minimum absolute atomic E-state index is 0.00484. The average molecular weight is 327 g/mol. The summed E-state index contributed by atoms with van der Waals surface area (Å²) in [5.74, 6) is -0.689. The standard InChI is InChI=1S/C12H10FN3O3S2/c1-6-9(13)3-8(5-14)4-10(6)16-21(18,19)11-7(2)15-12(17)20-11/h3-4,16H,1-2H3,(H,15,17). The van der Waals surface area contributed by atoms with Crippen molar-refractivity contribution in [2.75, 3.05) is 4.72 Å². The van der Waals surface area contributed by atoms with E-state index >= 15 is 0 Å². The molecule has 0 aliphatic carbocycles. The average Bonchev–Trinajstić information content (AvgIpc) is 2.74. The second-order valence-electron chi connectivity index (χ2n) is 4.27. The molecule has 0 spiro atoms. The summed E-state index contributed by atoms with van der Waals surface area (Å²) in [6.45, 7) is 2.84. The number of hydrogen-bond donors (Lipinski definition) is 2. The van der Waals surface area contributed by atoms with Crippen LogP contribution in [0.5, 0.6) is 0 Å². The van der Waals surface area contributed by atoms with Gasteiger partial charge in [0, 0.05) is 11.3 Å². The summed E-state index contributed by atoms with van der Waals surface area (Å²) in [6.07, 6.45) is 0. The summed E-state index contributed by atoms with van der Waals surface area (Å²) in [5, 5.41) is 8.80. The van der Waals surface area contributed by atoms with Crippen LogP contribution in [-0.4, -0.2) is 13.4 Å². The van der Waals surface area contributed by atoms with Crippen molar-refractivity contribution >= 4 is 27.0 Å². The third-order valence-electron chi connectivity index (χ3n) is 2.74. The number of aromatic amines is 1. The normalized spacial score (nSPS) is 11.1. The number of sulfonamides is 1. The Bertz CT molecular complexity index is 907. The number of thiazole rings is 1. The lowest BCUT2D eigenvalue weighted by molar-refractivity contribution is 0.602. The number of rotatable bonds is 3. The molecule has 9 heteroatoms. The predicted molar refractivity (Wildman–Crippen MR) is 76.3 cm³/mol. The molecule has 1 aromatic heterocycles. The molecule has 0 aliphatic heterocycles. The molecular weight excluding hydrogens is 317 g/mol. The molecule has 2 aromatic rings. The molecule has 1 heterocycles. The summed E-state index contributed by atoms with van der Waals surface area (Å²) in [4.78, 5) is 13.1. The van der Waals surface area contributed by atoms with E-state index in [0.29, 0.717) is 11.3 Å². The van der Waals surface area contributed by atoms with Gasteiger partial charge in [-0.05, 0) is 26.0 Å². The molecule has 110 valence electrons. The summed E-state index contributed by atoms with van der Waals surface area (Å²) < 4.78 is 40.1. The van der Waals surface area contributed by atoms with Crippen LogP contribution in [0.1, 0.15) is 16.8 Å². The second-order valence-corrected chi connectivity index (χ2v) is 7.14. The van der Waals surface area contributed by atoms with Crippen molar-refractivity contribution in [3.05, 3.63) is 44.4 Å². The number of nitrogens with one attached hydrogen (secondary N) is 2. The number of nitriles is 1. The van der Waals surface area contributed by atoms with E-state index in [2.05, 4.69) is 9.71 Å². The van der Waals surface area contributed by atoms with Crippen molar-refractivity contribution in [2.24, 2.45) is 0 Å². The van der Waals surface area contributed by atoms with Gasteiger partial charge in [0.05, 0.1) is 17.3 Å². The third kappa shape index (κ3) is 2.96. The van der Waals surface area contributed by atoms with Gasteiger partial charge in [0.15, 0.2) is 4.21 Å². The zero-order chi connectivity index (χ0) is 15.8. The number of nitrogens with zero attached hydrogens (tertiary/aromatic N) is 1. The van der Waals surface area contributed by atoms with Gasteiger partial charge in [-0.25, -0.2) is 12.8 Å². The highest BCUT2D eigenvalue weighted by atomic mass is 32.2. The van der Waals surface area contributed by atoms with E-state index in [1.807, 2.05) is 0 Å². The summed E-state index contributed by atoms with van der Waals surface area (Å²) in [6, 6.07) is 4.01. The Balaban J connectivity index is 2.52. The lowest BCUT2D eigenvalue weighted by atomic mass is 10.1. The zero-order valence-corrected chi connectivity index (χ0v) is 12.7. The minimum Gasteiger partial charge on any atom is -0.315 e. The van der Waals surface area contributed by atoms with Gasteiger partial charge in [0.1, 0.15) is 5.82 Å². The first kappa shape index (κ1) is 15.2. The van der Waals surface area contributed by atoms with Crippen LogP contribution in [0.25, 0.3) is 0 Å². The van der Waals surface area contributed by atoms with Crippen molar-refractivity contribution in [2.45, 2.75) is 18.1 Å². The molecular formula is C12H10FN3O3S2. The molecule has 2 rings (SSSR count). The lowest BCUT2D eigenvalue weighted by Gasteiger charge is -2.10. The van der Waals surface area contributed by atoms with Crippen LogP contribution < -0.4 is 9.60 Å². The highest BCUT2D eigenvalue weighted by molar-refractivity contribution is 7.94. The Labute approximate surface area is 123 Å². The SMILES string of the molecule is Cc1[nH]c(=O)sc1S(=O)(=O)Nc1cc(C#N)cc(F)c1C. The Morgan fingerprint density at radius 2 is 2.05 bits per heavy atom. The minimum atomic E-state index is -4.03. The molecule has 0 radical (unpaired) electrons. The summed E-state index contributed by atoms with van der Waals surface area (Å²) >= 11 is 0.540. The number of anilines is 1. The molecule has 2 N–H and O–H groups in total. The van der Waals surface area contributed by atoms with Gasteiger partial charge in [-0.3, -0.25) is 9.52 Å². The molecule has 0 atom stereocenters. The molecule has 6 nitrogen and oxygen atoms in total. The number of hydrogen-bond acceptors (Lipinski definition) is 5. The molecule has 0 fully saturated rings. The quantitative estimate of drug-likeness (QED) is 0.898. The maximum atomic E-state index is 13.6. The molecule has 1 aromatic carbocycles. The molecule has 21 heavy (non-hydrogen) atoms. The topological polar surface area (TPSA) is 103 Å². The number of halogens is 1. The molecule has 0 saturated heterocycles. The molecule has 0 bridgehead atoms. The van der Waals surface area contributed by atoms with E-state index in [0.717, 1.165) is 6.07 Å². The van der Waals surface area contributed by atoms with Gasteiger partial charge in [-0.1, -0.05) is 11.3 Å². The van der Waals surface area contributed by atoms with Gasteiger partial charge in [0.25, 0.3) is 10.0 Å². The largest absolute Gasteiger partial charge is 0.315 e. The zero-order valence-electron chi connectivity index (χ0n) is 11.0. The smallest absolute Gasteiger partial charge is 0.306 e. The van der Waals surface area contributed by atoms with Crippen LogP contribution in [0.2, 0.25) is 0 Å².